The third kappa shape index (κ3) is 4.52. The molecule has 3 nitrogen and oxygen atoms in total. The average Bonchev–Trinajstić information content (AvgIpc) is 2.40. The highest BCUT2D eigenvalue weighted by atomic mass is 16.5. The molecule has 0 bridgehead atoms. The lowest BCUT2D eigenvalue weighted by atomic mass is 9.92. The van der Waals surface area contributed by atoms with E-state index in [2.05, 4.69) is 31.1 Å². The number of rotatable bonds is 8. The monoisotopic (exact) mass is 256 g/mol. The van der Waals surface area contributed by atoms with E-state index in [1.54, 1.807) is 0 Å². The van der Waals surface area contributed by atoms with Crippen molar-refractivity contribution in [1.29, 1.82) is 0 Å². The zero-order valence-electron chi connectivity index (χ0n) is 12.7. The third-order valence-corrected chi connectivity index (χ3v) is 4.37. The van der Waals surface area contributed by atoms with Gasteiger partial charge in [-0.1, -0.05) is 20.3 Å². The molecule has 0 spiro atoms. The molecule has 0 radical (unpaired) electrons. The van der Waals surface area contributed by atoms with Crippen LogP contribution in [0.1, 0.15) is 46.0 Å². The summed E-state index contributed by atoms with van der Waals surface area (Å²) in [6, 6.07) is 1.36. The fraction of sp³-hybridized carbons (Fsp3) is 1.00. The lowest BCUT2D eigenvalue weighted by Gasteiger charge is -2.40. The zero-order chi connectivity index (χ0) is 13.4. The van der Waals surface area contributed by atoms with Crippen molar-refractivity contribution in [2.75, 3.05) is 33.9 Å². The second kappa shape index (κ2) is 8.89. The number of ether oxygens (including phenoxy) is 1. The Hall–Kier alpha value is -0.120. The van der Waals surface area contributed by atoms with E-state index in [1.165, 1.54) is 45.2 Å². The van der Waals surface area contributed by atoms with Gasteiger partial charge in [-0.25, -0.2) is 0 Å². The maximum Gasteiger partial charge on any atom is 0.0491 e. The van der Waals surface area contributed by atoms with Crippen molar-refractivity contribution in [2.24, 2.45) is 5.92 Å². The first-order valence-electron chi connectivity index (χ1n) is 7.67. The fourth-order valence-corrected chi connectivity index (χ4v) is 3.32. The van der Waals surface area contributed by atoms with E-state index in [0.29, 0.717) is 12.1 Å². The van der Waals surface area contributed by atoms with Crippen molar-refractivity contribution < 1.29 is 4.74 Å². The van der Waals surface area contributed by atoms with Crippen LogP contribution < -0.4 is 5.32 Å². The van der Waals surface area contributed by atoms with Crippen LogP contribution in [0.5, 0.6) is 0 Å². The molecular weight excluding hydrogens is 224 g/mol. The molecule has 1 aliphatic heterocycles. The summed E-state index contributed by atoms with van der Waals surface area (Å²) < 4.78 is 5.28. The fourth-order valence-electron chi connectivity index (χ4n) is 3.32. The maximum atomic E-state index is 5.28. The van der Waals surface area contributed by atoms with Crippen LogP contribution in [0, 0.1) is 5.92 Å². The van der Waals surface area contributed by atoms with Crippen LogP contribution in [0.2, 0.25) is 0 Å². The van der Waals surface area contributed by atoms with Crippen LogP contribution >= 0.6 is 0 Å². The van der Waals surface area contributed by atoms with Gasteiger partial charge in [-0.15, -0.1) is 0 Å². The summed E-state index contributed by atoms with van der Waals surface area (Å²) in [6.45, 7) is 8.03. The van der Waals surface area contributed by atoms with Crippen LogP contribution in [0.25, 0.3) is 0 Å². The van der Waals surface area contributed by atoms with Crippen molar-refractivity contribution in [1.82, 2.24) is 10.2 Å². The van der Waals surface area contributed by atoms with Crippen molar-refractivity contribution in [3.05, 3.63) is 0 Å². The van der Waals surface area contributed by atoms with Gasteiger partial charge in [-0.3, -0.25) is 4.90 Å². The minimum atomic E-state index is 0.652. The number of hydrogen-bond donors (Lipinski definition) is 1. The van der Waals surface area contributed by atoms with Crippen LogP contribution in [-0.2, 0) is 4.74 Å². The Morgan fingerprint density at radius 2 is 1.94 bits per heavy atom. The summed E-state index contributed by atoms with van der Waals surface area (Å²) in [5.41, 5.74) is 0. The number of likely N-dealkylation sites (N-methyl/N-ethyl adjacent to an activating group) is 1. The van der Waals surface area contributed by atoms with Crippen LogP contribution in [0.4, 0.5) is 0 Å². The van der Waals surface area contributed by atoms with Gasteiger partial charge in [0.2, 0.25) is 0 Å². The summed E-state index contributed by atoms with van der Waals surface area (Å²) in [7, 11) is 3.93. The van der Waals surface area contributed by atoms with E-state index in [0.717, 1.165) is 12.5 Å². The number of hydrogen-bond acceptors (Lipinski definition) is 3. The normalized spacial score (nSPS) is 22.0. The molecule has 18 heavy (non-hydrogen) atoms. The topological polar surface area (TPSA) is 24.5 Å². The standard InChI is InChI=1S/C15H32N2O/c1-5-7-14(16-3)15(6-2)17-10-8-13(9-11-17)12-18-4/h13-16H,5-12H2,1-4H3. The minimum Gasteiger partial charge on any atom is -0.384 e. The SMILES string of the molecule is CCCC(NC)C(CC)N1CCC(COC)CC1. The van der Waals surface area contributed by atoms with E-state index in [1.807, 2.05) is 7.11 Å². The van der Waals surface area contributed by atoms with Gasteiger partial charge in [0, 0.05) is 25.8 Å². The molecule has 0 aromatic heterocycles. The average molecular weight is 256 g/mol. The molecule has 0 amide bonds. The zero-order valence-corrected chi connectivity index (χ0v) is 12.7. The molecular formula is C15H32N2O. The van der Waals surface area contributed by atoms with E-state index >= 15 is 0 Å². The van der Waals surface area contributed by atoms with Gasteiger partial charge in [0.1, 0.15) is 0 Å². The Morgan fingerprint density at radius 3 is 2.39 bits per heavy atom. The first-order valence-corrected chi connectivity index (χ1v) is 7.67. The van der Waals surface area contributed by atoms with Crippen LogP contribution in [-0.4, -0.2) is 50.8 Å². The maximum absolute atomic E-state index is 5.28. The molecule has 3 heteroatoms. The number of likely N-dealkylation sites (tertiary alicyclic amines) is 1. The highest BCUT2D eigenvalue weighted by molar-refractivity contribution is 4.85. The van der Waals surface area contributed by atoms with Gasteiger partial charge in [0.25, 0.3) is 0 Å². The molecule has 0 aromatic carbocycles. The van der Waals surface area contributed by atoms with Crippen molar-refractivity contribution in [3.63, 3.8) is 0 Å². The van der Waals surface area contributed by atoms with Gasteiger partial charge in [0.15, 0.2) is 0 Å². The molecule has 108 valence electrons. The van der Waals surface area contributed by atoms with E-state index in [4.69, 9.17) is 4.74 Å². The molecule has 0 aromatic rings. The van der Waals surface area contributed by atoms with Crippen molar-refractivity contribution >= 4 is 0 Å². The van der Waals surface area contributed by atoms with Gasteiger partial charge in [-0.2, -0.15) is 0 Å². The smallest absolute Gasteiger partial charge is 0.0491 e. The molecule has 1 aliphatic rings. The molecule has 0 saturated carbocycles. The number of piperidine rings is 1. The summed E-state index contributed by atoms with van der Waals surface area (Å²) >= 11 is 0. The first kappa shape index (κ1) is 15.9. The Balaban J connectivity index is 2.46. The van der Waals surface area contributed by atoms with Crippen molar-refractivity contribution in [3.8, 4) is 0 Å². The molecule has 0 aliphatic carbocycles. The molecule has 1 N–H and O–H groups in total. The summed E-state index contributed by atoms with van der Waals surface area (Å²) in [4.78, 5) is 2.70. The number of nitrogens with one attached hydrogen (secondary N) is 1. The van der Waals surface area contributed by atoms with Crippen LogP contribution in [0.3, 0.4) is 0 Å². The largest absolute Gasteiger partial charge is 0.384 e. The molecule has 2 unspecified atom stereocenters. The van der Waals surface area contributed by atoms with Gasteiger partial charge >= 0.3 is 0 Å². The van der Waals surface area contributed by atoms with Gasteiger partial charge < -0.3 is 10.1 Å². The van der Waals surface area contributed by atoms with Gasteiger partial charge in [-0.05, 0) is 51.7 Å². The minimum absolute atomic E-state index is 0.652. The lowest BCUT2D eigenvalue weighted by Crippen LogP contribution is -2.51. The van der Waals surface area contributed by atoms with E-state index in [-0.39, 0.29) is 0 Å². The Morgan fingerprint density at radius 1 is 1.28 bits per heavy atom. The highest BCUT2D eigenvalue weighted by Crippen LogP contribution is 2.22. The predicted octanol–water partition coefficient (Wildman–Crippen LogP) is 2.51. The Kier molecular flexibility index (Phi) is 7.87. The quantitative estimate of drug-likeness (QED) is 0.722. The second-order valence-electron chi connectivity index (χ2n) is 5.59. The van der Waals surface area contributed by atoms with Gasteiger partial charge in [0.05, 0.1) is 0 Å². The highest BCUT2D eigenvalue weighted by Gasteiger charge is 2.28. The molecule has 1 heterocycles. The lowest BCUT2D eigenvalue weighted by molar-refractivity contribution is 0.0660. The molecule has 1 rings (SSSR count). The first-order chi connectivity index (χ1) is 8.76. The Bertz CT molecular complexity index is 203. The molecule has 1 saturated heterocycles. The number of methoxy groups -OCH3 is 1. The molecule has 1 fully saturated rings. The summed E-state index contributed by atoms with van der Waals surface area (Å²) in [5, 5.41) is 3.52. The molecule has 2 atom stereocenters. The second-order valence-corrected chi connectivity index (χ2v) is 5.59. The van der Waals surface area contributed by atoms with Crippen LogP contribution in [0.15, 0.2) is 0 Å². The predicted molar refractivity (Wildman–Crippen MR) is 78.0 cm³/mol. The van der Waals surface area contributed by atoms with Crippen molar-refractivity contribution in [2.45, 2.75) is 58.0 Å². The van der Waals surface area contributed by atoms with E-state index < -0.39 is 0 Å². The summed E-state index contributed by atoms with van der Waals surface area (Å²) in [5.74, 6) is 0.781. The van der Waals surface area contributed by atoms with E-state index in [9.17, 15) is 0 Å². The third-order valence-electron chi connectivity index (χ3n) is 4.37. The number of nitrogens with zero attached hydrogens (tertiary/aromatic N) is 1. The summed E-state index contributed by atoms with van der Waals surface area (Å²) in [6.07, 6.45) is 6.40. The Labute approximate surface area is 113 Å².